The van der Waals surface area contributed by atoms with Crippen molar-refractivity contribution in [2.45, 2.75) is 56.9 Å². The second-order valence-electron chi connectivity index (χ2n) is 8.99. The van der Waals surface area contributed by atoms with E-state index in [9.17, 15) is 13.2 Å². The van der Waals surface area contributed by atoms with Crippen LogP contribution in [0.5, 0.6) is 0 Å². The summed E-state index contributed by atoms with van der Waals surface area (Å²) in [6.45, 7) is 6.93. The van der Waals surface area contributed by atoms with Gasteiger partial charge in [0.05, 0.1) is 22.3 Å². The van der Waals surface area contributed by atoms with E-state index in [-0.39, 0.29) is 22.5 Å². The molecule has 2 aromatic rings. The Kier molecular flexibility index (Phi) is 7.19. The quantitative estimate of drug-likeness (QED) is 0.599. The van der Waals surface area contributed by atoms with Gasteiger partial charge in [0, 0.05) is 32.2 Å². The van der Waals surface area contributed by atoms with Crippen LogP contribution in [0.2, 0.25) is 0 Å². The minimum atomic E-state index is -3.81. The number of carbonyl (C=O) groups is 1. The highest BCUT2D eigenvalue weighted by molar-refractivity contribution is 7.92. The maximum Gasteiger partial charge on any atom is 0.261 e. The number of piperazine rings is 1. The van der Waals surface area contributed by atoms with Crippen molar-refractivity contribution >= 4 is 27.4 Å². The van der Waals surface area contributed by atoms with E-state index in [4.69, 9.17) is 0 Å². The molecule has 1 saturated carbocycles. The molecular weight excluding hydrogens is 438 g/mol. The van der Waals surface area contributed by atoms with E-state index in [1.165, 1.54) is 12.6 Å². The Balaban J connectivity index is 1.62. The number of carbonyl (C=O) groups excluding carboxylic acids is 1. The lowest BCUT2D eigenvalue weighted by Gasteiger charge is -2.30. The highest BCUT2D eigenvalue weighted by Crippen LogP contribution is 2.26. The monoisotopic (exact) mass is 471 g/mol. The van der Waals surface area contributed by atoms with E-state index in [0.29, 0.717) is 11.4 Å². The van der Waals surface area contributed by atoms with Crippen molar-refractivity contribution in [3.05, 3.63) is 47.2 Å². The van der Waals surface area contributed by atoms with Crippen LogP contribution < -0.4 is 20.3 Å². The van der Waals surface area contributed by atoms with Crippen molar-refractivity contribution in [3.63, 3.8) is 0 Å². The summed E-state index contributed by atoms with van der Waals surface area (Å²) in [5, 5.41) is 6.46. The predicted molar refractivity (Wildman–Crippen MR) is 130 cm³/mol. The lowest BCUT2D eigenvalue weighted by Crippen LogP contribution is -2.45. The van der Waals surface area contributed by atoms with Crippen LogP contribution in [-0.4, -0.2) is 51.5 Å². The number of nitrogens with one attached hydrogen (secondary N) is 3. The number of hydrogen-bond donors (Lipinski definition) is 3. The average Bonchev–Trinajstić information content (AvgIpc) is 2.81. The van der Waals surface area contributed by atoms with Gasteiger partial charge in [0.1, 0.15) is 5.82 Å². The fraction of sp³-hybridized carbons (Fsp3) is 0.500. The molecule has 0 bridgehead atoms. The minimum Gasteiger partial charge on any atom is -0.353 e. The normalized spacial score (nSPS) is 17.6. The van der Waals surface area contributed by atoms with E-state index < -0.39 is 10.0 Å². The predicted octanol–water partition coefficient (Wildman–Crippen LogP) is 2.97. The molecule has 0 radical (unpaired) electrons. The van der Waals surface area contributed by atoms with Crippen LogP contribution in [-0.2, 0) is 10.0 Å². The Morgan fingerprint density at radius 1 is 1.06 bits per heavy atom. The first kappa shape index (κ1) is 23.5. The molecule has 1 aliphatic carbocycles. The topological polar surface area (TPSA) is 103 Å². The van der Waals surface area contributed by atoms with Crippen molar-refractivity contribution in [2.24, 2.45) is 0 Å². The van der Waals surface area contributed by atoms with Crippen LogP contribution in [0.3, 0.4) is 0 Å². The number of aryl methyl sites for hydroxylation is 2. The molecule has 0 atom stereocenters. The number of hydrogen-bond acceptors (Lipinski definition) is 6. The van der Waals surface area contributed by atoms with E-state index in [1.54, 1.807) is 24.3 Å². The fourth-order valence-corrected chi connectivity index (χ4v) is 5.53. The molecule has 2 heterocycles. The van der Waals surface area contributed by atoms with Crippen molar-refractivity contribution in [1.82, 2.24) is 15.6 Å². The number of amides is 1. The van der Waals surface area contributed by atoms with Gasteiger partial charge in [-0.2, -0.15) is 0 Å². The first-order valence-electron chi connectivity index (χ1n) is 11.7. The molecule has 2 aliphatic rings. The highest BCUT2D eigenvalue weighted by atomic mass is 32.2. The number of pyridine rings is 1. The fourth-order valence-electron chi connectivity index (χ4n) is 4.41. The third-order valence-corrected chi connectivity index (χ3v) is 7.89. The van der Waals surface area contributed by atoms with Crippen molar-refractivity contribution in [1.29, 1.82) is 0 Å². The Bertz CT molecular complexity index is 1110. The molecule has 1 aliphatic heterocycles. The van der Waals surface area contributed by atoms with Crippen LogP contribution in [0, 0.1) is 13.8 Å². The summed E-state index contributed by atoms with van der Waals surface area (Å²) in [6, 6.07) is 6.79. The lowest BCUT2D eigenvalue weighted by atomic mass is 9.95. The zero-order valence-electron chi connectivity index (χ0n) is 19.4. The van der Waals surface area contributed by atoms with Crippen molar-refractivity contribution in [3.8, 4) is 0 Å². The summed E-state index contributed by atoms with van der Waals surface area (Å²) >= 11 is 0. The summed E-state index contributed by atoms with van der Waals surface area (Å²) in [4.78, 5) is 20.1. The summed E-state index contributed by atoms with van der Waals surface area (Å²) in [7, 11) is -3.81. The van der Waals surface area contributed by atoms with E-state index >= 15 is 0 Å². The van der Waals surface area contributed by atoms with Crippen LogP contribution in [0.1, 0.15) is 53.6 Å². The molecule has 4 rings (SSSR count). The minimum absolute atomic E-state index is 0.151. The highest BCUT2D eigenvalue weighted by Gasteiger charge is 2.24. The van der Waals surface area contributed by atoms with Crippen molar-refractivity contribution < 1.29 is 13.2 Å². The third-order valence-electron chi connectivity index (χ3n) is 6.51. The largest absolute Gasteiger partial charge is 0.353 e. The van der Waals surface area contributed by atoms with Gasteiger partial charge in [-0.15, -0.1) is 0 Å². The molecule has 178 valence electrons. The maximum absolute atomic E-state index is 13.3. The molecule has 3 N–H and O–H groups in total. The van der Waals surface area contributed by atoms with Crippen LogP contribution in [0.25, 0.3) is 0 Å². The third kappa shape index (κ3) is 5.65. The summed E-state index contributed by atoms with van der Waals surface area (Å²) in [5.74, 6) is 0.397. The number of anilines is 2. The van der Waals surface area contributed by atoms with E-state index in [2.05, 4.69) is 25.2 Å². The number of rotatable bonds is 6. The Labute approximate surface area is 196 Å². The van der Waals surface area contributed by atoms with Crippen molar-refractivity contribution in [2.75, 3.05) is 35.8 Å². The molecule has 0 spiro atoms. The number of aromatic nitrogens is 1. The zero-order valence-corrected chi connectivity index (χ0v) is 20.2. The molecule has 1 aromatic carbocycles. The number of nitrogens with zero attached hydrogens (tertiary/aromatic N) is 2. The zero-order chi connectivity index (χ0) is 23.4. The SMILES string of the molecule is Cc1ccc(S(=O)(=O)Nc2cnc(N3CCNCC3)c(C(=O)NC3CCCCC3)c2)cc1C. The molecular formula is C24H33N5O3S. The molecule has 2 fully saturated rings. The van der Waals surface area contributed by atoms with Gasteiger partial charge in [0.25, 0.3) is 15.9 Å². The Morgan fingerprint density at radius 3 is 2.48 bits per heavy atom. The van der Waals surface area contributed by atoms with Crippen LogP contribution in [0.4, 0.5) is 11.5 Å². The van der Waals surface area contributed by atoms with Crippen LogP contribution >= 0.6 is 0 Å². The van der Waals surface area contributed by atoms with Gasteiger partial charge in [0.2, 0.25) is 0 Å². The number of sulfonamides is 1. The van der Waals surface area contributed by atoms with Gasteiger partial charge >= 0.3 is 0 Å². The van der Waals surface area contributed by atoms with Crippen LogP contribution in [0.15, 0.2) is 35.4 Å². The van der Waals surface area contributed by atoms with Gasteiger partial charge < -0.3 is 15.5 Å². The van der Waals surface area contributed by atoms with Gasteiger partial charge in [-0.25, -0.2) is 13.4 Å². The van der Waals surface area contributed by atoms with E-state index in [0.717, 1.165) is 63.0 Å². The lowest BCUT2D eigenvalue weighted by molar-refractivity contribution is 0.0928. The molecule has 1 saturated heterocycles. The smallest absolute Gasteiger partial charge is 0.261 e. The first-order chi connectivity index (χ1) is 15.8. The molecule has 0 unspecified atom stereocenters. The summed E-state index contributed by atoms with van der Waals surface area (Å²) in [5.41, 5.74) is 2.61. The Hall–Kier alpha value is -2.65. The molecule has 9 heteroatoms. The molecule has 1 amide bonds. The first-order valence-corrected chi connectivity index (χ1v) is 13.2. The molecule has 33 heavy (non-hydrogen) atoms. The standard InChI is InChI=1S/C24H33N5O3S/c1-17-8-9-21(14-18(17)2)33(31,32)28-20-15-22(24(30)27-19-6-4-3-5-7-19)23(26-16-20)29-12-10-25-11-13-29/h8-9,14-16,19,25,28H,3-7,10-13H2,1-2H3,(H,27,30). The molecule has 8 nitrogen and oxygen atoms in total. The number of benzene rings is 1. The second kappa shape index (κ2) is 10.1. The summed E-state index contributed by atoms with van der Waals surface area (Å²) in [6.07, 6.45) is 6.87. The van der Waals surface area contributed by atoms with Gasteiger partial charge in [0.15, 0.2) is 0 Å². The maximum atomic E-state index is 13.3. The molecule has 1 aromatic heterocycles. The van der Waals surface area contributed by atoms with Gasteiger partial charge in [-0.1, -0.05) is 25.3 Å². The average molecular weight is 472 g/mol. The van der Waals surface area contributed by atoms with Gasteiger partial charge in [-0.3, -0.25) is 9.52 Å². The second-order valence-corrected chi connectivity index (χ2v) is 10.7. The Morgan fingerprint density at radius 2 is 1.79 bits per heavy atom. The van der Waals surface area contributed by atoms with E-state index in [1.807, 2.05) is 13.8 Å². The van der Waals surface area contributed by atoms with Gasteiger partial charge in [-0.05, 0) is 56.0 Å². The summed E-state index contributed by atoms with van der Waals surface area (Å²) < 4.78 is 28.6.